The Balaban J connectivity index is 2.87. The summed E-state index contributed by atoms with van der Waals surface area (Å²) < 4.78 is 6.03. The molecular weight excluding hydrogens is 284 g/mol. The van der Waals surface area contributed by atoms with E-state index in [0.29, 0.717) is 11.4 Å². The van der Waals surface area contributed by atoms with Crippen molar-refractivity contribution in [3.8, 4) is 5.75 Å². The third-order valence-electron chi connectivity index (χ3n) is 2.44. The van der Waals surface area contributed by atoms with Crippen LogP contribution in [0, 0.1) is 5.92 Å². The first kappa shape index (κ1) is 14.0. The number of ether oxygens (including phenoxy) is 1. The van der Waals surface area contributed by atoms with Crippen molar-refractivity contribution in [2.24, 2.45) is 11.7 Å². The van der Waals surface area contributed by atoms with Gasteiger partial charge >= 0.3 is 0 Å². The molecule has 1 atom stereocenters. The molecule has 0 aliphatic rings. The number of nitrogens with one attached hydrogen (secondary N) is 1. The number of anilines is 1. The van der Waals surface area contributed by atoms with E-state index >= 15 is 0 Å². The number of hydrogen-bond donors (Lipinski definition) is 2. The lowest BCUT2D eigenvalue weighted by atomic mass is 10.0. The Morgan fingerprint density at radius 1 is 1.47 bits per heavy atom. The molecular formula is C12H17BrN2O2. The van der Waals surface area contributed by atoms with Crippen LogP contribution in [-0.2, 0) is 4.79 Å². The van der Waals surface area contributed by atoms with Crippen LogP contribution in [0.4, 0.5) is 5.69 Å². The minimum absolute atomic E-state index is 0.0909. The van der Waals surface area contributed by atoms with Gasteiger partial charge in [0.2, 0.25) is 5.91 Å². The molecule has 0 fully saturated rings. The van der Waals surface area contributed by atoms with Crippen molar-refractivity contribution in [1.82, 2.24) is 0 Å². The van der Waals surface area contributed by atoms with Crippen LogP contribution >= 0.6 is 15.9 Å². The Kier molecular flexibility index (Phi) is 4.96. The second-order valence-corrected chi connectivity index (χ2v) is 5.02. The second-order valence-electron chi connectivity index (χ2n) is 4.10. The van der Waals surface area contributed by atoms with Crippen LogP contribution in [0.2, 0.25) is 0 Å². The van der Waals surface area contributed by atoms with Gasteiger partial charge in [0.05, 0.1) is 18.8 Å². The molecule has 0 radical (unpaired) electrons. The Bertz CT molecular complexity index is 407. The van der Waals surface area contributed by atoms with E-state index in [1.165, 1.54) is 0 Å². The van der Waals surface area contributed by atoms with Crippen LogP contribution < -0.4 is 15.8 Å². The van der Waals surface area contributed by atoms with Crippen LogP contribution in [0.15, 0.2) is 22.7 Å². The topological polar surface area (TPSA) is 64.3 Å². The fourth-order valence-corrected chi connectivity index (χ4v) is 1.66. The van der Waals surface area contributed by atoms with Gasteiger partial charge in [0, 0.05) is 4.47 Å². The molecule has 17 heavy (non-hydrogen) atoms. The number of hydrogen-bond acceptors (Lipinski definition) is 3. The number of benzene rings is 1. The molecule has 1 aromatic carbocycles. The molecule has 1 amide bonds. The highest BCUT2D eigenvalue weighted by Crippen LogP contribution is 2.28. The molecule has 5 heteroatoms. The average molecular weight is 301 g/mol. The van der Waals surface area contributed by atoms with E-state index in [9.17, 15) is 4.79 Å². The molecule has 0 bridgehead atoms. The van der Waals surface area contributed by atoms with E-state index in [0.717, 1.165) is 4.47 Å². The summed E-state index contributed by atoms with van der Waals surface area (Å²) in [5, 5.41) is 2.76. The molecule has 1 unspecified atom stereocenters. The molecule has 0 spiro atoms. The molecule has 94 valence electrons. The van der Waals surface area contributed by atoms with Crippen molar-refractivity contribution < 1.29 is 9.53 Å². The molecule has 4 nitrogen and oxygen atoms in total. The number of nitrogens with two attached hydrogens (primary N) is 1. The summed E-state index contributed by atoms with van der Waals surface area (Å²) in [5.74, 6) is 0.488. The number of halogens is 1. The molecule has 0 aliphatic heterocycles. The fraction of sp³-hybridized carbons (Fsp3) is 0.417. The number of carbonyl (C=O) groups is 1. The number of carbonyl (C=O) groups excluding carboxylic acids is 1. The minimum atomic E-state index is -0.529. The maximum Gasteiger partial charge on any atom is 0.241 e. The van der Waals surface area contributed by atoms with Crippen LogP contribution in [0.25, 0.3) is 0 Å². The maximum atomic E-state index is 11.8. The predicted octanol–water partition coefficient (Wildman–Crippen LogP) is 2.38. The van der Waals surface area contributed by atoms with Crippen LogP contribution in [-0.4, -0.2) is 19.1 Å². The van der Waals surface area contributed by atoms with Gasteiger partial charge in [-0.25, -0.2) is 0 Å². The Hall–Kier alpha value is -1.07. The lowest BCUT2D eigenvalue weighted by Gasteiger charge is -2.17. The van der Waals surface area contributed by atoms with E-state index < -0.39 is 6.04 Å². The molecule has 0 aliphatic carbocycles. The quantitative estimate of drug-likeness (QED) is 0.897. The average Bonchev–Trinajstić information content (AvgIpc) is 2.28. The van der Waals surface area contributed by atoms with Gasteiger partial charge in [-0.15, -0.1) is 0 Å². The predicted molar refractivity (Wildman–Crippen MR) is 72.1 cm³/mol. The summed E-state index contributed by atoms with van der Waals surface area (Å²) in [7, 11) is 1.56. The summed E-state index contributed by atoms with van der Waals surface area (Å²) in [6, 6.07) is 4.88. The Morgan fingerprint density at radius 2 is 2.12 bits per heavy atom. The standard InChI is InChI=1S/C12H17BrN2O2/c1-7(2)11(14)12(16)15-9-6-8(13)4-5-10(9)17-3/h4-7,11H,14H2,1-3H3,(H,15,16). The van der Waals surface area contributed by atoms with Gasteiger partial charge in [-0.05, 0) is 24.1 Å². The van der Waals surface area contributed by atoms with Crippen LogP contribution in [0.1, 0.15) is 13.8 Å². The molecule has 0 heterocycles. The summed E-state index contributed by atoms with van der Waals surface area (Å²) in [4.78, 5) is 11.8. The van der Waals surface area contributed by atoms with Crippen molar-refractivity contribution in [3.63, 3.8) is 0 Å². The van der Waals surface area contributed by atoms with Gasteiger partial charge in [-0.2, -0.15) is 0 Å². The monoisotopic (exact) mass is 300 g/mol. The number of amides is 1. The van der Waals surface area contributed by atoms with Gasteiger partial charge in [-0.1, -0.05) is 29.8 Å². The molecule has 1 aromatic rings. The van der Waals surface area contributed by atoms with E-state index in [1.807, 2.05) is 19.9 Å². The zero-order chi connectivity index (χ0) is 13.0. The van der Waals surface area contributed by atoms with Crippen molar-refractivity contribution in [1.29, 1.82) is 0 Å². The molecule has 3 N–H and O–H groups in total. The third kappa shape index (κ3) is 3.71. The highest BCUT2D eigenvalue weighted by atomic mass is 79.9. The molecule has 0 aromatic heterocycles. The van der Waals surface area contributed by atoms with E-state index in [2.05, 4.69) is 21.2 Å². The van der Waals surface area contributed by atoms with Crippen molar-refractivity contribution in [2.75, 3.05) is 12.4 Å². The fourth-order valence-electron chi connectivity index (χ4n) is 1.30. The molecule has 1 rings (SSSR count). The van der Waals surface area contributed by atoms with Crippen molar-refractivity contribution in [2.45, 2.75) is 19.9 Å². The van der Waals surface area contributed by atoms with Crippen molar-refractivity contribution >= 4 is 27.5 Å². The first-order valence-electron chi connectivity index (χ1n) is 5.35. The SMILES string of the molecule is COc1ccc(Br)cc1NC(=O)C(N)C(C)C. The van der Waals surface area contributed by atoms with Crippen LogP contribution in [0.3, 0.4) is 0 Å². The number of methoxy groups -OCH3 is 1. The maximum absolute atomic E-state index is 11.8. The summed E-state index contributed by atoms with van der Waals surface area (Å²) >= 11 is 3.34. The van der Waals surface area contributed by atoms with Gasteiger partial charge in [0.25, 0.3) is 0 Å². The molecule has 0 saturated heterocycles. The minimum Gasteiger partial charge on any atom is -0.495 e. The zero-order valence-electron chi connectivity index (χ0n) is 10.2. The second kappa shape index (κ2) is 6.02. The van der Waals surface area contributed by atoms with E-state index in [1.54, 1.807) is 19.2 Å². The Morgan fingerprint density at radius 3 is 2.65 bits per heavy atom. The van der Waals surface area contributed by atoms with Crippen LogP contribution in [0.5, 0.6) is 5.75 Å². The first-order valence-corrected chi connectivity index (χ1v) is 6.15. The lowest BCUT2D eigenvalue weighted by molar-refractivity contribution is -0.118. The normalized spacial score (nSPS) is 12.4. The zero-order valence-corrected chi connectivity index (χ0v) is 11.7. The first-order chi connectivity index (χ1) is 7.95. The highest BCUT2D eigenvalue weighted by Gasteiger charge is 2.18. The molecule has 0 saturated carbocycles. The highest BCUT2D eigenvalue weighted by molar-refractivity contribution is 9.10. The van der Waals surface area contributed by atoms with Gasteiger partial charge < -0.3 is 15.8 Å². The van der Waals surface area contributed by atoms with Gasteiger partial charge in [0.1, 0.15) is 5.75 Å². The van der Waals surface area contributed by atoms with Crippen molar-refractivity contribution in [3.05, 3.63) is 22.7 Å². The smallest absolute Gasteiger partial charge is 0.241 e. The Labute approximate surface area is 110 Å². The number of rotatable bonds is 4. The van der Waals surface area contributed by atoms with Gasteiger partial charge in [-0.3, -0.25) is 4.79 Å². The summed E-state index contributed by atoms with van der Waals surface area (Å²) in [6.45, 7) is 3.81. The largest absolute Gasteiger partial charge is 0.495 e. The lowest BCUT2D eigenvalue weighted by Crippen LogP contribution is -2.39. The third-order valence-corrected chi connectivity index (χ3v) is 2.93. The summed E-state index contributed by atoms with van der Waals surface area (Å²) in [6.07, 6.45) is 0. The summed E-state index contributed by atoms with van der Waals surface area (Å²) in [5.41, 5.74) is 6.39. The van der Waals surface area contributed by atoms with E-state index in [4.69, 9.17) is 10.5 Å². The van der Waals surface area contributed by atoms with E-state index in [-0.39, 0.29) is 11.8 Å². The van der Waals surface area contributed by atoms with Gasteiger partial charge in [0.15, 0.2) is 0 Å².